The monoisotopic (exact) mass is 501 g/mol. The molecule has 1 amide bonds. The fourth-order valence-corrected chi connectivity index (χ4v) is 5.93. The normalized spacial score (nSPS) is 11.5. The molecule has 0 aliphatic heterocycles. The number of hydrogen-bond donors (Lipinski definition) is 0. The molecule has 0 unspecified atom stereocenters. The molecule has 0 fully saturated rings. The van der Waals surface area contributed by atoms with Gasteiger partial charge in [-0.15, -0.1) is 0 Å². The summed E-state index contributed by atoms with van der Waals surface area (Å²) in [5, 5.41) is 0.978. The molecule has 0 atom stereocenters. The van der Waals surface area contributed by atoms with Crippen LogP contribution in [0.5, 0.6) is 5.75 Å². The van der Waals surface area contributed by atoms with Crippen molar-refractivity contribution in [3.8, 4) is 5.75 Å². The topological polar surface area (TPSA) is 89.5 Å². The zero-order valence-electron chi connectivity index (χ0n) is 17.9. The molecule has 0 bridgehead atoms. The van der Waals surface area contributed by atoms with E-state index in [2.05, 4.69) is 9.97 Å². The number of aromatic nitrogens is 2. The second kappa shape index (κ2) is 9.46. The van der Waals surface area contributed by atoms with E-state index in [1.165, 1.54) is 35.5 Å². The second-order valence-electron chi connectivity index (χ2n) is 7.34. The zero-order chi connectivity index (χ0) is 23.6. The molecule has 4 rings (SSSR count). The first-order valence-corrected chi connectivity index (χ1v) is 12.7. The van der Waals surface area contributed by atoms with Gasteiger partial charge in [0.05, 0.1) is 28.8 Å². The third-order valence-corrected chi connectivity index (χ3v) is 7.85. The lowest BCUT2D eigenvalue weighted by Crippen LogP contribution is -2.35. The predicted molar refractivity (Wildman–Crippen MR) is 130 cm³/mol. The number of benzene rings is 2. The summed E-state index contributed by atoms with van der Waals surface area (Å²) in [5.74, 6) is -0.742. The molecule has 2 aromatic heterocycles. The van der Waals surface area contributed by atoms with Gasteiger partial charge in [-0.25, -0.2) is 13.4 Å². The van der Waals surface area contributed by atoms with E-state index in [0.717, 1.165) is 21.3 Å². The lowest BCUT2D eigenvalue weighted by Gasteiger charge is -2.20. The maximum absolute atomic E-state index is 13.3. The molecule has 0 saturated heterocycles. The summed E-state index contributed by atoms with van der Waals surface area (Å²) < 4.78 is 31.8. The van der Waals surface area contributed by atoms with Crippen LogP contribution >= 0.6 is 22.9 Å². The minimum atomic E-state index is -3.88. The first-order chi connectivity index (χ1) is 15.8. The van der Waals surface area contributed by atoms with Crippen LogP contribution in [-0.2, 0) is 21.2 Å². The number of sulfone groups is 1. The lowest BCUT2D eigenvalue weighted by molar-refractivity contribution is -0.116. The molecule has 2 heterocycles. The van der Waals surface area contributed by atoms with Gasteiger partial charge in [0, 0.05) is 17.4 Å². The molecule has 7 nitrogen and oxygen atoms in total. The second-order valence-corrected chi connectivity index (χ2v) is 10.8. The SMILES string of the molecule is COc1ccc(S(=O)(=O)CC(=O)N(Cc2ccncc2)c2nc3c(C)cc(Cl)cc3s2)cc1. The average Bonchev–Trinajstić information content (AvgIpc) is 3.22. The van der Waals surface area contributed by atoms with Crippen molar-refractivity contribution in [2.45, 2.75) is 18.4 Å². The van der Waals surface area contributed by atoms with Crippen LogP contribution in [0.3, 0.4) is 0 Å². The van der Waals surface area contributed by atoms with Crippen molar-refractivity contribution >= 4 is 54.0 Å². The van der Waals surface area contributed by atoms with E-state index >= 15 is 0 Å². The van der Waals surface area contributed by atoms with Gasteiger partial charge in [0.1, 0.15) is 11.5 Å². The number of nitrogens with zero attached hydrogens (tertiary/aromatic N) is 3. The van der Waals surface area contributed by atoms with Crippen LogP contribution in [0.4, 0.5) is 5.13 Å². The number of ether oxygens (including phenoxy) is 1. The quantitative estimate of drug-likeness (QED) is 0.365. The first-order valence-electron chi connectivity index (χ1n) is 9.89. The Morgan fingerprint density at radius 3 is 2.48 bits per heavy atom. The van der Waals surface area contributed by atoms with Crippen molar-refractivity contribution in [1.29, 1.82) is 0 Å². The molecule has 0 radical (unpaired) electrons. The van der Waals surface area contributed by atoms with Crippen LogP contribution in [-0.4, -0.2) is 37.2 Å². The van der Waals surface area contributed by atoms with Crippen molar-refractivity contribution in [3.05, 3.63) is 77.1 Å². The number of halogens is 1. The van der Waals surface area contributed by atoms with E-state index in [1.54, 1.807) is 48.8 Å². The van der Waals surface area contributed by atoms with Crippen LogP contribution in [0, 0.1) is 6.92 Å². The van der Waals surface area contributed by atoms with E-state index in [1.807, 2.05) is 6.92 Å². The van der Waals surface area contributed by atoms with Gasteiger partial charge in [-0.05, 0) is 66.6 Å². The molecule has 10 heteroatoms. The molecular weight excluding hydrogens is 482 g/mol. The third kappa shape index (κ3) is 5.16. The minimum absolute atomic E-state index is 0.0486. The van der Waals surface area contributed by atoms with E-state index in [4.69, 9.17) is 16.3 Å². The van der Waals surface area contributed by atoms with Crippen LogP contribution in [0.25, 0.3) is 10.2 Å². The highest BCUT2D eigenvalue weighted by Gasteiger charge is 2.27. The third-order valence-electron chi connectivity index (χ3n) is 4.99. The molecule has 0 spiro atoms. The fraction of sp³-hybridized carbons (Fsp3) is 0.174. The summed E-state index contributed by atoms with van der Waals surface area (Å²) in [4.78, 5) is 23.4. The molecule has 0 aliphatic carbocycles. The predicted octanol–water partition coefficient (Wildman–Crippen LogP) is 4.67. The number of carbonyl (C=O) groups is 1. The van der Waals surface area contributed by atoms with Crippen molar-refractivity contribution in [1.82, 2.24) is 9.97 Å². The number of rotatable bonds is 7. The Labute approximate surface area is 200 Å². The number of anilines is 1. The number of thiazole rings is 1. The minimum Gasteiger partial charge on any atom is -0.497 e. The highest BCUT2D eigenvalue weighted by atomic mass is 35.5. The Hall–Kier alpha value is -3.01. The fourth-order valence-electron chi connectivity index (χ4n) is 3.30. The average molecular weight is 502 g/mol. The highest BCUT2D eigenvalue weighted by Crippen LogP contribution is 2.34. The highest BCUT2D eigenvalue weighted by molar-refractivity contribution is 7.92. The lowest BCUT2D eigenvalue weighted by atomic mass is 10.2. The largest absolute Gasteiger partial charge is 0.497 e. The van der Waals surface area contributed by atoms with Crippen molar-refractivity contribution < 1.29 is 17.9 Å². The standard InChI is InChI=1S/C23H20ClN3O4S2/c1-15-11-17(24)12-20-22(15)26-23(32-20)27(13-16-7-9-25-10-8-16)21(28)14-33(29,30)19-5-3-18(31-2)4-6-19/h3-12H,13-14H2,1-2H3. The molecule has 0 saturated carbocycles. The van der Waals surface area contributed by atoms with Gasteiger partial charge >= 0.3 is 0 Å². The summed E-state index contributed by atoms with van der Waals surface area (Å²) in [5.41, 5.74) is 2.40. The summed E-state index contributed by atoms with van der Waals surface area (Å²) in [7, 11) is -2.38. The number of fused-ring (bicyclic) bond motifs is 1. The van der Waals surface area contributed by atoms with Gasteiger partial charge in [0.15, 0.2) is 15.0 Å². The van der Waals surface area contributed by atoms with Crippen LogP contribution < -0.4 is 9.64 Å². The molecule has 4 aromatic rings. The van der Waals surface area contributed by atoms with Gasteiger partial charge < -0.3 is 4.74 Å². The summed E-state index contributed by atoms with van der Waals surface area (Å²) in [6, 6.07) is 13.1. The first kappa shape index (κ1) is 23.2. The molecular formula is C23H20ClN3O4S2. The smallest absolute Gasteiger partial charge is 0.244 e. The van der Waals surface area contributed by atoms with Gasteiger partial charge in [0.2, 0.25) is 5.91 Å². The number of amides is 1. The van der Waals surface area contributed by atoms with Crippen molar-refractivity contribution in [2.24, 2.45) is 0 Å². The number of methoxy groups -OCH3 is 1. The Kier molecular flexibility index (Phi) is 6.64. The van der Waals surface area contributed by atoms with Gasteiger partial charge in [-0.2, -0.15) is 0 Å². The summed E-state index contributed by atoms with van der Waals surface area (Å²) in [6.07, 6.45) is 3.24. The molecule has 33 heavy (non-hydrogen) atoms. The Balaban J connectivity index is 1.70. The van der Waals surface area contributed by atoms with Crippen LogP contribution in [0.1, 0.15) is 11.1 Å². The van der Waals surface area contributed by atoms with Gasteiger partial charge in [-0.3, -0.25) is 14.7 Å². The number of carbonyl (C=O) groups excluding carboxylic acids is 1. The summed E-state index contributed by atoms with van der Waals surface area (Å²) in [6.45, 7) is 2.05. The van der Waals surface area contributed by atoms with Crippen LogP contribution in [0.2, 0.25) is 5.02 Å². The Morgan fingerprint density at radius 2 is 1.82 bits per heavy atom. The molecule has 2 aromatic carbocycles. The number of pyridine rings is 1. The van der Waals surface area contributed by atoms with E-state index in [9.17, 15) is 13.2 Å². The van der Waals surface area contributed by atoms with E-state index < -0.39 is 21.5 Å². The Morgan fingerprint density at radius 1 is 1.12 bits per heavy atom. The molecule has 0 N–H and O–H groups in total. The van der Waals surface area contributed by atoms with E-state index in [-0.39, 0.29) is 11.4 Å². The van der Waals surface area contributed by atoms with E-state index in [0.29, 0.717) is 15.9 Å². The Bertz CT molecular complexity index is 1410. The zero-order valence-corrected chi connectivity index (χ0v) is 20.2. The number of aryl methyl sites for hydroxylation is 1. The van der Waals surface area contributed by atoms with Gasteiger partial charge in [-0.1, -0.05) is 22.9 Å². The maximum Gasteiger partial charge on any atom is 0.244 e. The summed E-state index contributed by atoms with van der Waals surface area (Å²) >= 11 is 7.48. The van der Waals surface area contributed by atoms with Crippen molar-refractivity contribution in [2.75, 3.05) is 17.8 Å². The van der Waals surface area contributed by atoms with Crippen molar-refractivity contribution in [3.63, 3.8) is 0 Å². The maximum atomic E-state index is 13.3. The molecule has 170 valence electrons. The molecule has 0 aliphatic rings. The van der Waals surface area contributed by atoms with Crippen LogP contribution in [0.15, 0.2) is 65.8 Å². The number of hydrogen-bond acceptors (Lipinski definition) is 7. The van der Waals surface area contributed by atoms with Gasteiger partial charge in [0.25, 0.3) is 0 Å².